The van der Waals surface area contributed by atoms with Gasteiger partial charge in [0.15, 0.2) is 0 Å². The van der Waals surface area contributed by atoms with Crippen LogP contribution in [0.4, 0.5) is 0 Å². The normalized spacial score (nSPS) is 20.9. The molecule has 2 atom stereocenters. The molecule has 2 aromatic rings. The van der Waals surface area contributed by atoms with Crippen LogP contribution in [0.1, 0.15) is 42.4 Å². The number of aromatic nitrogens is 2. The van der Waals surface area contributed by atoms with Gasteiger partial charge in [0.25, 0.3) is 0 Å². The number of nitrogens with zero attached hydrogens (tertiary/aromatic N) is 2. The summed E-state index contributed by atoms with van der Waals surface area (Å²) in [5, 5.41) is 4.06. The van der Waals surface area contributed by atoms with Crippen LogP contribution < -0.4 is 0 Å². The van der Waals surface area contributed by atoms with E-state index in [1.807, 2.05) is 6.07 Å². The van der Waals surface area contributed by atoms with Crippen molar-refractivity contribution in [2.45, 2.75) is 32.3 Å². The van der Waals surface area contributed by atoms with E-state index in [9.17, 15) is 4.79 Å². The average Bonchev–Trinajstić information content (AvgIpc) is 3.22. The molecule has 0 spiro atoms. The molecule has 0 bridgehead atoms. The quantitative estimate of drug-likeness (QED) is 0.807. The maximum atomic E-state index is 11.6. The number of rotatable bonds is 4. The summed E-state index contributed by atoms with van der Waals surface area (Å²) in [7, 11) is 1.35. The van der Waals surface area contributed by atoms with Crippen LogP contribution in [0.5, 0.6) is 0 Å². The van der Waals surface area contributed by atoms with Crippen molar-refractivity contribution in [2.75, 3.05) is 13.7 Å². The van der Waals surface area contributed by atoms with Crippen molar-refractivity contribution in [3.8, 4) is 11.4 Å². The highest BCUT2D eigenvalue weighted by Gasteiger charge is 2.35. The summed E-state index contributed by atoms with van der Waals surface area (Å²) < 4.78 is 16.0. The molecule has 1 fully saturated rings. The second kappa shape index (κ2) is 6.50. The molecule has 0 unspecified atom stereocenters. The third kappa shape index (κ3) is 3.12. The number of benzene rings is 1. The Balaban J connectivity index is 1.86. The Morgan fingerprint density at radius 3 is 2.96 bits per heavy atom. The van der Waals surface area contributed by atoms with Gasteiger partial charge in [0.05, 0.1) is 24.7 Å². The fourth-order valence-electron chi connectivity index (χ4n) is 2.94. The molecule has 6 heteroatoms. The fourth-order valence-corrected chi connectivity index (χ4v) is 2.94. The maximum absolute atomic E-state index is 11.6. The molecular weight excluding hydrogens is 296 g/mol. The molecule has 1 aromatic heterocycles. The fraction of sp³-hybridized carbons (Fsp3) is 0.471. The topological polar surface area (TPSA) is 74.5 Å². The van der Waals surface area contributed by atoms with E-state index in [4.69, 9.17) is 14.0 Å². The first kappa shape index (κ1) is 15.7. The highest BCUT2D eigenvalue weighted by molar-refractivity contribution is 5.90. The molecule has 0 amide bonds. The molecule has 0 N–H and O–H groups in total. The second-order valence-corrected chi connectivity index (χ2v) is 6.00. The molecule has 0 aliphatic carbocycles. The number of esters is 1. The lowest BCUT2D eigenvalue weighted by Gasteiger charge is -2.18. The van der Waals surface area contributed by atoms with Crippen LogP contribution >= 0.6 is 0 Å². The lowest BCUT2D eigenvalue weighted by atomic mass is 9.93. The van der Waals surface area contributed by atoms with E-state index in [1.54, 1.807) is 18.2 Å². The first-order valence-corrected chi connectivity index (χ1v) is 7.74. The lowest BCUT2D eigenvalue weighted by Crippen LogP contribution is -2.21. The van der Waals surface area contributed by atoms with Gasteiger partial charge in [-0.1, -0.05) is 31.1 Å². The number of carbonyl (C=O) groups excluding carboxylic acids is 1. The monoisotopic (exact) mass is 316 g/mol. The van der Waals surface area contributed by atoms with Gasteiger partial charge in [0.2, 0.25) is 11.7 Å². The van der Waals surface area contributed by atoms with Gasteiger partial charge in [0.1, 0.15) is 0 Å². The molecular formula is C17H20N2O4. The number of hydrogen-bond donors (Lipinski definition) is 0. The Hall–Kier alpha value is -2.21. The molecule has 1 aliphatic rings. The first-order valence-electron chi connectivity index (χ1n) is 7.74. The van der Waals surface area contributed by atoms with Crippen molar-refractivity contribution in [3.63, 3.8) is 0 Å². The predicted octanol–water partition coefficient (Wildman–Crippen LogP) is 3.05. The Kier molecular flexibility index (Phi) is 4.43. The standard InChI is InChI=1S/C17H20N2O4/c1-10(2)14-13(7-8-22-14)16-18-15(19-23-16)11-5-4-6-12(9-11)17(20)21-3/h4-6,9-10,13-14H,7-8H2,1-3H3/t13-,14-/m0/s1. The average molecular weight is 316 g/mol. The molecule has 23 heavy (non-hydrogen) atoms. The zero-order valence-corrected chi connectivity index (χ0v) is 13.5. The summed E-state index contributed by atoms with van der Waals surface area (Å²) >= 11 is 0. The summed E-state index contributed by atoms with van der Waals surface area (Å²) in [6.07, 6.45) is 0.983. The lowest BCUT2D eigenvalue weighted by molar-refractivity contribution is 0.0600. The van der Waals surface area contributed by atoms with Gasteiger partial charge in [-0.05, 0) is 24.5 Å². The zero-order valence-electron chi connectivity index (χ0n) is 13.5. The van der Waals surface area contributed by atoms with Crippen molar-refractivity contribution in [1.29, 1.82) is 0 Å². The minimum Gasteiger partial charge on any atom is -0.465 e. The third-order valence-corrected chi connectivity index (χ3v) is 4.09. The summed E-state index contributed by atoms with van der Waals surface area (Å²) in [6.45, 7) is 4.96. The molecule has 1 saturated heterocycles. The number of hydrogen-bond acceptors (Lipinski definition) is 6. The first-order chi connectivity index (χ1) is 11.1. The van der Waals surface area contributed by atoms with E-state index in [1.165, 1.54) is 7.11 Å². The molecule has 0 radical (unpaired) electrons. The number of ether oxygens (including phenoxy) is 2. The van der Waals surface area contributed by atoms with E-state index in [-0.39, 0.29) is 18.0 Å². The minimum absolute atomic E-state index is 0.102. The van der Waals surface area contributed by atoms with Crippen LogP contribution in [0.25, 0.3) is 11.4 Å². The predicted molar refractivity (Wildman–Crippen MR) is 83.0 cm³/mol. The van der Waals surface area contributed by atoms with Crippen LogP contribution in [0.2, 0.25) is 0 Å². The molecule has 1 aliphatic heterocycles. The summed E-state index contributed by atoms with van der Waals surface area (Å²) in [5.41, 5.74) is 1.18. The van der Waals surface area contributed by atoms with E-state index >= 15 is 0 Å². The van der Waals surface area contributed by atoms with E-state index in [2.05, 4.69) is 24.0 Å². The SMILES string of the molecule is COC(=O)c1cccc(-c2noc([C@H]3CCO[C@H]3C(C)C)n2)c1. The van der Waals surface area contributed by atoms with E-state index in [0.29, 0.717) is 29.8 Å². The van der Waals surface area contributed by atoms with Crippen LogP contribution in [0.3, 0.4) is 0 Å². The smallest absolute Gasteiger partial charge is 0.337 e. The summed E-state index contributed by atoms with van der Waals surface area (Å²) in [6, 6.07) is 7.00. The van der Waals surface area contributed by atoms with Gasteiger partial charge < -0.3 is 14.0 Å². The van der Waals surface area contributed by atoms with Crippen molar-refractivity contribution in [3.05, 3.63) is 35.7 Å². The van der Waals surface area contributed by atoms with Gasteiger partial charge in [-0.15, -0.1) is 0 Å². The minimum atomic E-state index is -0.389. The van der Waals surface area contributed by atoms with Gasteiger partial charge in [0, 0.05) is 12.2 Å². The van der Waals surface area contributed by atoms with Gasteiger partial charge in [-0.3, -0.25) is 0 Å². The number of methoxy groups -OCH3 is 1. The largest absolute Gasteiger partial charge is 0.465 e. The van der Waals surface area contributed by atoms with Crippen molar-refractivity contribution < 1.29 is 18.8 Å². The van der Waals surface area contributed by atoms with Crippen LogP contribution in [-0.4, -0.2) is 35.9 Å². The van der Waals surface area contributed by atoms with E-state index < -0.39 is 0 Å². The molecule has 3 rings (SSSR count). The summed E-state index contributed by atoms with van der Waals surface area (Å²) in [5.74, 6) is 1.19. The highest BCUT2D eigenvalue weighted by Crippen LogP contribution is 2.35. The maximum Gasteiger partial charge on any atom is 0.337 e. The van der Waals surface area contributed by atoms with Crippen LogP contribution in [0.15, 0.2) is 28.8 Å². The molecule has 2 heterocycles. The molecule has 1 aromatic carbocycles. The van der Waals surface area contributed by atoms with Crippen molar-refractivity contribution in [2.24, 2.45) is 5.92 Å². The van der Waals surface area contributed by atoms with Gasteiger partial charge >= 0.3 is 5.97 Å². The molecule has 122 valence electrons. The second-order valence-electron chi connectivity index (χ2n) is 6.00. The third-order valence-electron chi connectivity index (χ3n) is 4.09. The van der Waals surface area contributed by atoms with Gasteiger partial charge in [-0.2, -0.15) is 4.98 Å². The van der Waals surface area contributed by atoms with Crippen LogP contribution in [-0.2, 0) is 9.47 Å². The van der Waals surface area contributed by atoms with E-state index in [0.717, 1.165) is 12.0 Å². The molecule has 0 saturated carbocycles. The molecule has 6 nitrogen and oxygen atoms in total. The van der Waals surface area contributed by atoms with Crippen molar-refractivity contribution >= 4 is 5.97 Å². The highest BCUT2D eigenvalue weighted by atomic mass is 16.5. The Labute approximate surface area is 134 Å². The summed E-state index contributed by atoms with van der Waals surface area (Å²) in [4.78, 5) is 16.1. The Morgan fingerprint density at radius 2 is 2.22 bits per heavy atom. The Bertz CT molecular complexity index is 695. The van der Waals surface area contributed by atoms with Gasteiger partial charge in [-0.25, -0.2) is 4.79 Å². The van der Waals surface area contributed by atoms with Crippen molar-refractivity contribution in [1.82, 2.24) is 10.1 Å². The number of carbonyl (C=O) groups is 1. The Morgan fingerprint density at radius 1 is 1.39 bits per heavy atom. The van der Waals surface area contributed by atoms with Crippen LogP contribution in [0, 0.1) is 5.92 Å². The zero-order chi connectivity index (χ0) is 16.4.